The van der Waals surface area contributed by atoms with E-state index in [0.717, 1.165) is 17.0 Å². The minimum atomic E-state index is -4.11. The highest BCUT2D eigenvalue weighted by molar-refractivity contribution is 7.92. The number of hydrogen-bond acceptors (Lipinski definition) is 3. The van der Waals surface area contributed by atoms with Crippen molar-refractivity contribution in [2.45, 2.75) is 4.90 Å². The average molecular weight is 375 g/mol. The lowest BCUT2D eigenvalue weighted by molar-refractivity contribution is 0.568. The largest absolute Gasteiger partial charge is 0.280 e. The van der Waals surface area contributed by atoms with E-state index in [1.54, 1.807) is 18.2 Å². The quantitative estimate of drug-likeness (QED) is 0.697. The molecule has 1 aromatic heterocycles. The van der Waals surface area contributed by atoms with Crippen LogP contribution >= 0.6 is 11.3 Å². The van der Waals surface area contributed by atoms with Gasteiger partial charge in [-0.05, 0) is 41.8 Å². The molecule has 0 atom stereocenters. The molecule has 0 amide bonds. The fraction of sp³-hybridized carbons (Fsp3) is 0. The summed E-state index contributed by atoms with van der Waals surface area (Å²) in [5.41, 5.74) is 0.863. The molecule has 0 aliphatic carbocycles. The molecule has 0 unspecified atom stereocenters. The average Bonchev–Trinajstić information content (AvgIpc) is 3.05. The van der Waals surface area contributed by atoms with Crippen LogP contribution in [0.1, 0.15) is 10.4 Å². The van der Waals surface area contributed by atoms with E-state index in [2.05, 4.69) is 16.6 Å². The SMILES string of the molecule is O=S(=O)(Nc1cccc(C#Cc2cccs2)c1)c1cc(F)cc(F)c1. The Labute approximate surface area is 148 Å². The van der Waals surface area contributed by atoms with Crippen LogP contribution in [-0.2, 0) is 10.0 Å². The van der Waals surface area contributed by atoms with E-state index in [0.29, 0.717) is 11.6 Å². The molecule has 0 fully saturated rings. The Kier molecular flexibility index (Phi) is 4.83. The van der Waals surface area contributed by atoms with Gasteiger partial charge in [0.25, 0.3) is 10.0 Å². The third kappa shape index (κ3) is 4.44. The topological polar surface area (TPSA) is 46.2 Å². The van der Waals surface area contributed by atoms with Crippen LogP contribution in [0.4, 0.5) is 14.5 Å². The Morgan fingerprint density at radius 1 is 0.920 bits per heavy atom. The molecule has 3 rings (SSSR count). The molecular formula is C18H11F2NO2S2. The normalized spacial score (nSPS) is 10.8. The highest BCUT2D eigenvalue weighted by Crippen LogP contribution is 2.19. The van der Waals surface area contributed by atoms with E-state index < -0.39 is 26.6 Å². The zero-order valence-electron chi connectivity index (χ0n) is 12.7. The Morgan fingerprint density at radius 2 is 1.68 bits per heavy atom. The van der Waals surface area contributed by atoms with Crippen molar-refractivity contribution >= 4 is 27.0 Å². The number of benzene rings is 2. The lowest BCUT2D eigenvalue weighted by atomic mass is 10.2. The fourth-order valence-corrected chi connectivity index (χ4v) is 3.70. The van der Waals surface area contributed by atoms with Gasteiger partial charge in [-0.2, -0.15) is 0 Å². The van der Waals surface area contributed by atoms with Crippen molar-refractivity contribution in [3.63, 3.8) is 0 Å². The molecule has 0 bridgehead atoms. The minimum Gasteiger partial charge on any atom is -0.280 e. The summed E-state index contributed by atoms with van der Waals surface area (Å²) in [6.45, 7) is 0. The lowest BCUT2D eigenvalue weighted by Gasteiger charge is -2.08. The highest BCUT2D eigenvalue weighted by atomic mass is 32.2. The van der Waals surface area contributed by atoms with Crippen molar-refractivity contribution in [2.24, 2.45) is 0 Å². The van der Waals surface area contributed by atoms with E-state index in [9.17, 15) is 17.2 Å². The van der Waals surface area contributed by atoms with Crippen LogP contribution in [0.2, 0.25) is 0 Å². The van der Waals surface area contributed by atoms with Gasteiger partial charge in [-0.1, -0.05) is 24.0 Å². The standard InChI is InChI=1S/C18H11F2NO2S2/c19-14-10-15(20)12-18(11-14)25(22,23)21-16-4-1-3-13(9-16)6-7-17-5-2-8-24-17/h1-5,8-12,21H. The van der Waals surface area contributed by atoms with Gasteiger partial charge in [-0.3, -0.25) is 4.72 Å². The summed E-state index contributed by atoms with van der Waals surface area (Å²) in [7, 11) is -4.11. The molecule has 0 aliphatic heterocycles. The minimum absolute atomic E-state index is 0.252. The Hall–Kier alpha value is -2.69. The second-order valence-electron chi connectivity index (χ2n) is 5.02. The van der Waals surface area contributed by atoms with Gasteiger partial charge >= 0.3 is 0 Å². The maximum absolute atomic E-state index is 13.2. The third-order valence-corrected chi connectivity index (χ3v) is 5.26. The van der Waals surface area contributed by atoms with Gasteiger partial charge in [0.15, 0.2) is 0 Å². The van der Waals surface area contributed by atoms with Crippen molar-refractivity contribution < 1.29 is 17.2 Å². The Morgan fingerprint density at radius 3 is 2.36 bits per heavy atom. The number of hydrogen-bond donors (Lipinski definition) is 1. The zero-order valence-corrected chi connectivity index (χ0v) is 14.3. The summed E-state index contributed by atoms with van der Waals surface area (Å²) in [4.78, 5) is 0.404. The maximum atomic E-state index is 13.2. The first-order chi connectivity index (χ1) is 11.9. The van der Waals surface area contributed by atoms with Crippen LogP contribution in [0.15, 0.2) is 64.9 Å². The van der Waals surface area contributed by atoms with Gasteiger partial charge in [-0.25, -0.2) is 17.2 Å². The van der Waals surface area contributed by atoms with Gasteiger partial charge in [0, 0.05) is 11.6 Å². The second-order valence-corrected chi connectivity index (χ2v) is 7.65. The molecule has 7 heteroatoms. The van der Waals surface area contributed by atoms with Crippen molar-refractivity contribution in [2.75, 3.05) is 4.72 Å². The molecule has 0 radical (unpaired) electrons. The molecule has 3 aromatic rings. The van der Waals surface area contributed by atoms with Crippen molar-refractivity contribution in [3.05, 3.63) is 82.1 Å². The third-order valence-electron chi connectivity index (χ3n) is 3.11. The molecule has 0 spiro atoms. The molecule has 0 saturated heterocycles. The monoisotopic (exact) mass is 375 g/mol. The summed E-state index contributed by atoms with van der Waals surface area (Å²) in [6.07, 6.45) is 0. The molecule has 1 heterocycles. The van der Waals surface area contributed by atoms with Crippen LogP contribution in [-0.4, -0.2) is 8.42 Å². The maximum Gasteiger partial charge on any atom is 0.262 e. The number of thiophene rings is 1. The molecule has 0 aliphatic rings. The molecule has 25 heavy (non-hydrogen) atoms. The highest BCUT2D eigenvalue weighted by Gasteiger charge is 2.16. The summed E-state index contributed by atoms with van der Waals surface area (Å²) in [5.74, 6) is 3.98. The Balaban J connectivity index is 1.86. The van der Waals surface area contributed by atoms with E-state index >= 15 is 0 Å². The van der Waals surface area contributed by atoms with Crippen LogP contribution in [0, 0.1) is 23.5 Å². The number of anilines is 1. The van der Waals surface area contributed by atoms with Crippen LogP contribution in [0.25, 0.3) is 0 Å². The van der Waals surface area contributed by atoms with Crippen molar-refractivity contribution in [3.8, 4) is 11.8 Å². The summed E-state index contributed by atoms with van der Waals surface area (Å²) in [6, 6.07) is 12.3. The van der Waals surface area contributed by atoms with Gasteiger partial charge in [0.1, 0.15) is 11.6 Å². The Bertz CT molecular complexity index is 1050. The number of rotatable bonds is 3. The van der Waals surface area contributed by atoms with Crippen LogP contribution in [0.3, 0.4) is 0 Å². The van der Waals surface area contributed by atoms with Crippen LogP contribution in [0.5, 0.6) is 0 Å². The molecule has 3 nitrogen and oxygen atoms in total. The van der Waals surface area contributed by atoms with Gasteiger partial charge < -0.3 is 0 Å². The van der Waals surface area contributed by atoms with Crippen molar-refractivity contribution in [1.82, 2.24) is 0 Å². The van der Waals surface area contributed by atoms with Gasteiger partial charge in [0.05, 0.1) is 15.5 Å². The lowest BCUT2D eigenvalue weighted by Crippen LogP contribution is -2.13. The first-order valence-electron chi connectivity index (χ1n) is 7.07. The number of nitrogens with one attached hydrogen (secondary N) is 1. The van der Waals surface area contributed by atoms with E-state index in [1.807, 2.05) is 17.5 Å². The summed E-state index contributed by atoms with van der Waals surface area (Å²) < 4.78 is 53.4. The fourth-order valence-electron chi connectivity index (χ4n) is 2.04. The molecule has 2 aromatic carbocycles. The first-order valence-corrected chi connectivity index (χ1v) is 9.43. The molecule has 0 saturated carbocycles. The second kappa shape index (κ2) is 7.05. The summed E-state index contributed by atoms with van der Waals surface area (Å²) >= 11 is 1.50. The molecular weight excluding hydrogens is 364 g/mol. The number of halogens is 2. The zero-order chi connectivity index (χ0) is 17.9. The first kappa shape index (κ1) is 17.1. The van der Waals surface area contributed by atoms with E-state index in [-0.39, 0.29) is 5.69 Å². The summed E-state index contributed by atoms with van der Waals surface area (Å²) in [5, 5.41) is 1.91. The van der Waals surface area contributed by atoms with Gasteiger partial charge in [0.2, 0.25) is 0 Å². The van der Waals surface area contributed by atoms with Gasteiger partial charge in [-0.15, -0.1) is 11.3 Å². The smallest absolute Gasteiger partial charge is 0.262 e. The predicted molar refractivity (Wildman–Crippen MR) is 93.9 cm³/mol. The van der Waals surface area contributed by atoms with Crippen LogP contribution < -0.4 is 4.72 Å². The molecule has 1 N–H and O–H groups in total. The van der Waals surface area contributed by atoms with Crippen molar-refractivity contribution in [1.29, 1.82) is 0 Å². The predicted octanol–water partition coefficient (Wildman–Crippen LogP) is 4.23. The van der Waals surface area contributed by atoms with E-state index in [1.165, 1.54) is 17.4 Å². The molecule has 126 valence electrons. The number of sulfonamides is 1. The van der Waals surface area contributed by atoms with E-state index in [4.69, 9.17) is 0 Å².